The molecule has 1 atom stereocenters. The fourth-order valence-corrected chi connectivity index (χ4v) is 4.11. The van der Waals surface area contributed by atoms with Gasteiger partial charge in [-0.1, -0.05) is 25.1 Å². The summed E-state index contributed by atoms with van der Waals surface area (Å²) in [6.07, 6.45) is 3.92. The summed E-state index contributed by atoms with van der Waals surface area (Å²) in [6.45, 7) is 6.89. The topological polar surface area (TPSA) is 15.3 Å². The summed E-state index contributed by atoms with van der Waals surface area (Å²) in [5.41, 5.74) is 1.51. The molecule has 1 aromatic heterocycles. The first kappa shape index (κ1) is 14.1. The van der Waals surface area contributed by atoms with E-state index in [-0.39, 0.29) is 0 Å². The van der Waals surface area contributed by atoms with Crippen LogP contribution in [-0.4, -0.2) is 30.6 Å². The summed E-state index contributed by atoms with van der Waals surface area (Å²) in [6, 6.07) is 9.51. The molecular weight excluding hydrogens is 264 g/mol. The van der Waals surface area contributed by atoms with E-state index >= 15 is 0 Å². The van der Waals surface area contributed by atoms with Crippen molar-refractivity contribution < 1.29 is 0 Å². The molecule has 0 amide bonds. The standard InChI is InChI=1S/C17H24N2S/c1-2-9-18-11-15-6-5-10-19(15)12-14-13-20-17-8-4-3-7-16(14)17/h3-4,7-8,13,15,18H,2,5-6,9-12H2,1H3. The highest BCUT2D eigenvalue weighted by Gasteiger charge is 2.24. The molecule has 1 aromatic carbocycles. The zero-order chi connectivity index (χ0) is 13.8. The van der Waals surface area contributed by atoms with Gasteiger partial charge in [-0.25, -0.2) is 0 Å². The molecule has 1 fully saturated rings. The minimum Gasteiger partial charge on any atom is -0.315 e. The highest BCUT2D eigenvalue weighted by atomic mass is 32.1. The van der Waals surface area contributed by atoms with Gasteiger partial charge in [0.25, 0.3) is 0 Å². The molecule has 1 aliphatic rings. The maximum absolute atomic E-state index is 3.58. The Labute approximate surface area is 125 Å². The molecule has 108 valence electrons. The van der Waals surface area contributed by atoms with E-state index in [2.05, 4.69) is 46.8 Å². The second-order valence-electron chi connectivity index (χ2n) is 5.73. The highest BCUT2D eigenvalue weighted by Crippen LogP contribution is 2.28. The van der Waals surface area contributed by atoms with E-state index in [9.17, 15) is 0 Å². The van der Waals surface area contributed by atoms with Crippen molar-refractivity contribution in [2.24, 2.45) is 0 Å². The third-order valence-electron chi connectivity index (χ3n) is 4.24. The van der Waals surface area contributed by atoms with Gasteiger partial charge in [-0.15, -0.1) is 11.3 Å². The van der Waals surface area contributed by atoms with Gasteiger partial charge in [-0.3, -0.25) is 4.90 Å². The summed E-state index contributed by atoms with van der Waals surface area (Å²) in [4.78, 5) is 2.66. The molecule has 1 saturated heterocycles. The third-order valence-corrected chi connectivity index (χ3v) is 5.25. The van der Waals surface area contributed by atoms with Crippen molar-refractivity contribution in [3.63, 3.8) is 0 Å². The van der Waals surface area contributed by atoms with Crippen molar-refractivity contribution in [3.05, 3.63) is 35.2 Å². The Bertz CT molecular complexity index is 549. The van der Waals surface area contributed by atoms with Crippen LogP contribution in [0.25, 0.3) is 10.1 Å². The molecule has 0 aliphatic carbocycles. The van der Waals surface area contributed by atoms with Crippen LogP contribution in [0.2, 0.25) is 0 Å². The Morgan fingerprint density at radius 1 is 1.35 bits per heavy atom. The number of hydrogen-bond donors (Lipinski definition) is 1. The summed E-state index contributed by atoms with van der Waals surface area (Å²) >= 11 is 1.88. The summed E-state index contributed by atoms with van der Waals surface area (Å²) < 4.78 is 1.42. The molecule has 1 N–H and O–H groups in total. The number of hydrogen-bond acceptors (Lipinski definition) is 3. The second-order valence-corrected chi connectivity index (χ2v) is 6.64. The van der Waals surface area contributed by atoms with Crippen molar-refractivity contribution in [3.8, 4) is 0 Å². The van der Waals surface area contributed by atoms with Gasteiger partial charge in [-0.2, -0.15) is 0 Å². The second kappa shape index (κ2) is 6.70. The lowest BCUT2D eigenvalue weighted by molar-refractivity contribution is 0.240. The number of rotatable bonds is 6. The van der Waals surface area contributed by atoms with Gasteiger partial charge in [0.2, 0.25) is 0 Å². The monoisotopic (exact) mass is 288 g/mol. The Morgan fingerprint density at radius 2 is 2.25 bits per heavy atom. The highest BCUT2D eigenvalue weighted by molar-refractivity contribution is 7.17. The first-order valence-corrected chi connectivity index (χ1v) is 8.66. The van der Waals surface area contributed by atoms with Crippen molar-refractivity contribution in [1.29, 1.82) is 0 Å². The van der Waals surface area contributed by atoms with Gasteiger partial charge in [0.1, 0.15) is 0 Å². The SMILES string of the molecule is CCCNCC1CCCN1Cc1csc2ccccc12. The van der Waals surface area contributed by atoms with Crippen LogP contribution in [0.4, 0.5) is 0 Å². The molecule has 0 radical (unpaired) electrons. The van der Waals surface area contributed by atoms with Gasteiger partial charge in [0.15, 0.2) is 0 Å². The Balaban J connectivity index is 1.67. The number of benzene rings is 1. The van der Waals surface area contributed by atoms with Crippen molar-refractivity contribution in [2.45, 2.75) is 38.8 Å². The molecule has 20 heavy (non-hydrogen) atoms. The van der Waals surface area contributed by atoms with E-state index in [1.165, 1.54) is 41.5 Å². The Kier molecular flexibility index (Phi) is 4.71. The quantitative estimate of drug-likeness (QED) is 0.812. The van der Waals surface area contributed by atoms with E-state index in [1.807, 2.05) is 11.3 Å². The van der Waals surface area contributed by atoms with E-state index < -0.39 is 0 Å². The lowest BCUT2D eigenvalue weighted by Gasteiger charge is -2.24. The Hall–Kier alpha value is -0.900. The molecule has 0 bridgehead atoms. The van der Waals surface area contributed by atoms with Gasteiger partial charge in [0, 0.05) is 23.8 Å². The maximum Gasteiger partial charge on any atom is 0.0346 e. The molecule has 3 rings (SSSR count). The van der Waals surface area contributed by atoms with Crippen LogP contribution in [0, 0.1) is 0 Å². The lowest BCUT2D eigenvalue weighted by Crippen LogP contribution is -2.37. The normalized spacial score (nSPS) is 19.9. The molecule has 1 unspecified atom stereocenters. The third kappa shape index (κ3) is 3.05. The van der Waals surface area contributed by atoms with E-state index in [0.717, 1.165) is 25.7 Å². The molecule has 2 aromatic rings. The molecule has 2 heterocycles. The fraction of sp³-hybridized carbons (Fsp3) is 0.529. The summed E-state index contributed by atoms with van der Waals surface area (Å²) in [7, 11) is 0. The number of nitrogens with zero attached hydrogens (tertiary/aromatic N) is 1. The zero-order valence-corrected chi connectivity index (χ0v) is 13.1. The largest absolute Gasteiger partial charge is 0.315 e. The van der Waals surface area contributed by atoms with Crippen molar-refractivity contribution >= 4 is 21.4 Å². The summed E-state index contributed by atoms with van der Waals surface area (Å²) in [5.74, 6) is 0. The van der Waals surface area contributed by atoms with Gasteiger partial charge in [0.05, 0.1) is 0 Å². The average Bonchev–Trinajstić information content (AvgIpc) is 3.08. The average molecular weight is 288 g/mol. The van der Waals surface area contributed by atoms with Crippen molar-refractivity contribution in [1.82, 2.24) is 10.2 Å². The van der Waals surface area contributed by atoms with Crippen molar-refractivity contribution in [2.75, 3.05) is 19.6 Å². The molecular formula is C17H24N2S. The molecule has 1 aliphatic heterocycles. The lowest BCUT2D eigenvalue weighted by atomic mass is 10.1. The van der Waals surface area contributed by atoms with E-state index in [1.54, 1.807) is 0 Å². The van der Waals surface area contributed by atoms with Crippen LogP contribution in [0.3, 0.4) is 0 Å². The fourth-order valence-electron chi connectivity index (χ4n) is 3.15. The van der Waals surface area contributed by atoms with Gasteiger partial charge < -0.3 is 5.32 Å². The predicted octanol–water partition coefficient (Wildman–Crippen LogP) is 3.87. The first-order chi connectivity index (χ1) is 9.88. The minimum atomic E-state index is 0.722. The van der Waals surface area contributed by atoms with Crippen LogP contribution in [-0.2, 0) is 6.54 Å². The molecule has 2 nitrogen and oxygen atoms in total. The number of nitrogens with one attached hydrogen (secondary N) is 1. The number of thiophene rings is 1. The molecule has 3 heteroatoms. The molecule has 0 spiro atoms. The van der Waals surface area contributed by atoms with Crippen LogP contribution < -0.4 is 5.32 Å². The summed E-state index contributed by atoms with van der Waals surface area (Å²) in [5, 5.41) is 7.38. The maximum atomic E-state index is 3.58. The van der Waals surface area contributed by atoms with Gasteiger partial charge >= 0.3 is 0 Å². The number of fused-ring (bicyclic) bond motifs is 1. The zero-order valence-electron chi connectivity index (χ0n) is 12.3. The van der Waals surface area contributed by atoms with Crippen LogP contribution >= 0.6 is 11.3 Å². The van der Waals surface area contributed by atoms with Crippen LogP contribution in [0.5, 0.6) is 0 Å². The number of likely N-dealkylation sites (tertiary alicyclic amines) is 1. The minimum absolute atomic E-state index is 0.722. The molecule has 0 saturated carbocycles. The van der Waals surface area contributed by atoms with E-state index in [0.29, 0.717) is 0 Å². The van der Waals surface area contributed by atoms with Crippen LogP contribution in [0.1, 0.15) is 31.7 Å². The van der Waals surface area contributed by atoms with Gasteiger partial charge in [-0.05, 0) is 54.7 Å². The van der Waals surface area contributed by atoms with Crippen LogP contribution in [0.15, 0.2) is 29.6 Å². The predicted molar refractivity (Wildman–Crippen MR) is 88.4 cm³/mol. The van der Waals surface area contributed by atoms with E-state index in [4.69, 9.17) is 0 Å². The smallest absolute Gasteiger partial charge is 0.0346 e. The first-order valence-electron chi connectivity index (χ1n) is 7.78. The Morgan fingerprint density at radius 3 is 3.15 bits per heavy atom.